The molecule has 240 valence electrons. The van der Waals surface area contributed by atoms with Gasteiger partial charge in [-0.2, -0.15) is 0 Å². The molecule has 0 saturated carbocycles. The Morgan fingerprint density at radius 3 is 1.98 bits per heavy atom. The van der Waals surface area contributed by atoms with Crippen LogP contribution in [0.4, 0.5) is 23.7 Å². The molecule has 3 aromatic carbocycles. The molecule has 1 saturated heterocycles. The molecule has 0 unspecified atom stereocenters. The van der Waals surface area contributed by atoms with Crippen molar-refractivity contribution >= 4 is 43.2 Å². The van der Waals surface area contributed by atoms with Gasteiger partial charge in [-0.1, -0.05) is 77.8 Å². The number of ether oxygens (including phenoxy) is 1. The van der Waals surface area contributed by atoms with Gasteiger partial charge in [0.05, 0.1) is 16.8 Å². The van der Waals surface area contributed by atoms with Gasteiger partial charge in [-0.3, -0.25) is 5.32 Å². The van der Waals surface area contributed by atoms with E-state index >= 15 is 13.2 Å². The van der Waals surface area contributed by atoms with Crippen LogP contribution in [0.1, 0.15) is 80.4 Å². The first-order chi connectivity index (χ1) is 20.9. The molecule has 0 atom stereocenters. The Kier molecular flexibility index (Phi) is 9.89. The van der Waals surface area contributed by atoms with E-state index in [1.165, 1.54) is 12.1 Å². The molecule has 1 amide bonds. The van der Waals surface area contributed by atoms with Gasteiger partial charge in [0.2, 0.25) is 0 Å². The minimum atomic E-state index is -2.40. The van der Waals surface area contributed by atoms with Gasteiger partial charge in [-0.05, 0) is 67.5 Å². The lowest BCUT2D eigenvalue weighted by Crippen LogP contribution is -2.43. The monoisotopic (exact) mass is 637 g/mol. The van der Waals surface area contributed by atoms with Gasteiger partial charge in [0, 0.05) is 16.5 Å². The molecule has 0 aliphatic carbocycles. The number of hydrogen-bond donors (Lipinski definition) is 1. The molecule has 45 heavy (non-hydrogen) atoms. The highest BCUT2D eigenvalue weighted by molar-refractivity contribution is 6.90. The second-order valence-corrected chi connectivity index (χ2v) is 19.3. The first-order valence-corrected chi connectivity index (χ1v) is 17.7. The second-order valence-electron chi connectivity index (χ2n) is 13.7. The predicted octanol–water partition coefficient (Wildman–Crippen LogP) is 8.87. The molecule has 0 bridgehead atoms. The molecular weight excluding hydrogens is 594 g/mol. The number of halogens is 3. The first-order valence-electron chi connectivity index (χ1n) is 15.4. The van der Waals surface area contributed by atoms with E-state index in [-0.39, 0.29) is 50.7 Å². The van der Waals surface area contributed by atoms with E-state index in [1.54, 1.807) is 0 Å². The molecule has 4 rings (SSSR count). The third-order valence-electron chi connectivity index (χ3n) is 9.50. The number of hydrogen-bond acceptors (Lipinski definition) is 4. The second kappa shape index (κ2) is 12.9. The quantitative estimate of drug-likeness (QED) is 0.160. The van der Waals surface area contributed by atoms with Gasteiger partial charge in [-0.25, -0.2) is 18.0 Å². The molecule has 1 aliphatic rings. The van der Waals surface area contributed by atoms with Gasteiger partial charge in [0.15, 0.2) is 17.5 Å². The Hall–Kier alpha value is -3.26. The summed E-state index contributed by atoms with van der Waals surface area (Å²) in [6.45, 7) is 20.1. The SMILES string of the molecule is CC(C)[Si](C#Cc1c(F)c(F)c(F)c2cc(NC(=O)OCc3ccccc3)cc(B3OC(C)(C)C(C)(C)O3)c12)(C(C)C)C(C)C. The van der Waals surface area contributed by atoms with E-state index in [1.807, 2.05) is 58.0 Å². The summed E-state index contributed by atoms with van der Waals surface area (Å²) in [5, 5.41) is 2.39. The lowest BCUT2D eigenvalue weighted by atomic mass is 9.74. The smallest absolute Gasteiger partial charge is 0.444 e. The van der Waals surface area contributed by atoms with Crippen molar-refractivity contribution in [2.45, 2.75) is 104 Å². The van der Waals surface area contributed by atoms with Crippen LogP contribution in [-0.2, 0) is 20.7 Å². The van der Waals surface area contributed by atoms with Crippen LogP contribution < -0.4 is 10.8 Å². The minimum Gasteiger partial charge on any atom is -0.444 e. The third kappa shape index (κ3) is 6.53. The maximum atomic E-state index is 15.8. The maximum Gasteiger partial charge on any atom is 0.495 e. The fraction of sp³-hybridized carbons (Fsp3) is 0.457. The summed E-state index contributed by atoms with van der Waals surface area (Å²) in [6.07, 6.45) is -0.803. The Bertz CT molecular complexity index is 1610. The summed E-state index contributed by atoms with van der Waals surface area (Å²) >= 11 is 0. The highest BCUT2D eigenvalue weighted by atomic mass is 28.3. The number of carbonyl (C=O) groups excluding carboxylic acids is 1. The number of benzene rings is 3. The van der Waals surface area contributed by atoms with Crippen LogP contribution in [-0.4, -0.2) is 32.5 Å². The largest absolute Gasteiger partial charge is 0.495 e. The average Bonchev–Trinajstić information content (AvgIpc) is 3.18. The summed E-state index contributed by atoms with van der Waals surface area (Å²) in [5.41, 5.74) is 3.38. The highest BCUT2D eigenvalue weighted by Gasteiger charge is 2.52. The topological polar surface area (TPSA) is 56.8 Å². The Labute approximate surface area is 266 Å². The van der Waals surface area contributed by atoms with Crippen LogP contribution in [0.15, 0.2) is 42.5 Å². The van der Waals surface area contributed by atoms with E-state index in [0.717, 1.165) is 5.56 Å². The normalized spacial score (nSPS) is 16.0. The lowest BCUT2D eigenvalue weighted by molar-refractivity contribution is 0.00578. The Morgan fingerprint density at radius 1 is 0.889 bits per heavy atom. The van der Waals surface area contributed by atoms with Crippen molar-refractivity contribution in [3.63, 3.8) is 0 Å². The van der Waals surface area contributed by atoms with Crippen molar-refractivity contribution in [1.82, 2.24) is 0 Å². The molecule has 1 heterocycles. The first kappa shape index (κ1) is 34.6. The number of nitrogens with one attached hydrogen (secondary N) is 1. The van der Waals surface area contributed by atoms with Gasteiger partial charge >= 0.3 is 13.2 Å². The van der Waals surface area contributed by atoms with E-state index < -0.39 is 49.9 Å². The number of carbonyl (C=O) groups is 1. The summed E-state index contributed by atoms with van der Waals surface area (Å²) in [4.78, 5) is 12.8. The van der Waals surface area contributed by atoms with Crippen LogP contribution in [0.5, 0.6) is 0 Å². The molecule has 0 spiro atoms. The predicted molar refractivity (Wildman–Crippen MR) is 178 cm³/mol. The molecule has 3 aromatic rings. The fourth-order valence-corrected chi connectivity index (χ4v) is 11.6. The van der Waals surface area contributed by atoms with Gasteiger partial charge in [0.1, 0.15) is 14.7 Å². The Morgan fingerprint density at radius 2 is 1.44 bits per heavy atom. The zero-order chi connectivity index (χ0) is 33.5. The summed E-state index contributed by atoms with van der Waals surface area (Å²) in [6, 6.07) is 11.9. The van der Waals surface area contributed by atoms with Crippen molar-refractivity contribution < 1.29 is 32.0 Å². The number of anilines is 1. The van der Waals surface area contributed by atoms with Crippen LogP contribution in [0, 0.1) is 28.9 Å². The Balaban J connectivity index is 1.94. The van der Waals surface area contributed by atoms with Crippen LogP contribution in [0.25, 0.3) is 10.8 Å². The molecule has 0 aromatic heterocycles. The number of fused-ring (bicyclic) bond motifs is 1. The molecule has 1 aliphatic heterocycles. The molecule has 0 radical (unpaired) electrons. The molecule has 10 heteroatoms. The van der Waals surface area contributed by atoms with Crippen LogP contribution >= 0.6 is 0 Å². The molecule has 5 nitrogen and oxygen atoms in total. The van der Waals surface area contributed by atoms with Gasteiger partial charge in [-0.15, -0.1) is 5.54 Å². The standard InChI is InChI=1S/C35H43BF3NO4Si/c1-21(2)45(22(3)4,23(5)6)17-16-26-29-27(31(38)32(39)30(26)37)18-25(40-33(41)42-20-24-14-12-11-13-15-24)19-28(29)36-43-34(7,8)35(9,10)44-36/h11-15,18-19,21-23H,20H2,1-10H3,(H,40,41). The molecular formula is C35H43BF3NO4Si. The summed E-state index contributed by atoms with van der Waals surface area (Å²) in [7, 11) is -3.49. The van der Waals surface area contributed by atoms with Crippen molar-refractivity contribution in [1.29, 1.82) is 0 Å². The van der Waals surface area contributed by atoms with Crippen molar-refractivity contribution in [3.05, 3.63) is 71.0 Å². The molecule has 1 fully saturated rings. The van der Waals surface area contributed by atoms with Crippen LogP contribution in [0.2, 0.25) is 16.6 Å². The van der Waals surface area contributed by atoms with Crippen LogP contribution in [0.3, 0.4) is 0 Å². The van der Waals surface area contributed by atoms with E-state index in [2.05, 4.69) is 58.3 Å². The van der Waals surface area contributed by atoms with Crippen molar-refractivity contribution in [2.75, 3.05) is 5.32 Å². The minimum absolute atomic E-state index is 0.00543. The average molecular weight is 638 g/mol. The van der Waals surface area contributed by atoms with E-state index in [0.29, 0.717) is 0 Å². The molecule has 1 N–H and O–H groups in total. The third-order valence-corrected chi connectivity index (χ3v) is 15.8. The number of amides is 1. The number of rotatable bonds is 7. The van der Waals surface area contributed by atoms with Gasteiger partial charge < -0.3 is 14.0 Å². The van der Waals surface area contributed by atoms with Gasteiger partial charge in [0.25, 0.3) is 0 Å². The maximum absolute atomic E-state index is 15.8. The summed E-state index contributed by atoms with van der Waals surface area (Å²) < 4.78 is 64.8. The fourth-order valence-electron chi connectivity index (χ4n) is 6.38. The van der Waals surface area contributed by atoms with E-state index in [4.69, 9.17) is 14.0 Å². The van der Waals surface area contributed by atoms with Crippen molar-refractivity contribution in [2.24, 2.45) is 0 Å². The van der Waals surface area contributed by atoms with Crippen molar-refractivity contribution in [3.8, 4) is 11.5 Å². The zero-order valence-electron chi connectivity index (χ0n) is 27.8. The van der Waals surface area contributed by atoms with E-state index in [9.17, 15) is 4.79 Å². The highest BCUT2D eigenvalue weighted by Crippen LogP contribution is 2.42. The lowest BCUT2D eigenvalue weighted by Gasteiger charge is -2.38. The zero-order valence-corrected chi connectivity index (χ0v) is 28.8. The summed E-state index contributed by atoms with van der Waals surface area (Å²) in [5.74, 6) is -1.38.